The highest BCUT2D eigenvalue weighted by Gasteiger charge is 2.00. The number of aromatic nitrogens is 2. The van der Waals surface area contributed by atoms with Crippen molar-refractivity contribution in [2.75, 3.05) is 0 Å². The first-order valence-corrected chi connectivity index (χ1v) is 2.64. The van der Waals surface area contributed by atoms with Crippen molar-refractivity contribution in [2.24, 2.45) is 0 Å². The highest BCUT2D eigenvalue weighted by Crippen LogP contribution is 2.07. The van der Waals surface area contributed by atoms with Gasteiger partial charge in [0.2, 0.25) is 0 Å². The van der Waals surface area contributed by atoms with Gasteiger partial charge in [-0.15, -0.1) is 0 Å². The Morgan fingerprint density at radius 1 is 1.62 bits per heavy atom. The van der Waals surface area contributed by atoms with E-state index in [1.807, 2.05) is 23.3 Å². The Labute approximate surface area is 47.5 Å². The van der Waals surface area contributed by atoms with Crippen LogP contribution >= 0.6 is 0 Å². The lowest BCUT2D eigenvalue weighted by atomic mass is 10.4. The first-order valence-electron chi connectivity index (χ1n) is 2.64. The zero-order chi connectivity index (χ0) is 5.40. The molecule has 0 saturated carbocycles. The van der Waals surface area contributed by atoms with Crippen LogP contribution in [0.3, 0.4) is 0 Å². The number of imidazole rings is 1. The monoisotopic (exact) mass is 106 g/mol. The Balaban J connectivity index is 2.67. The number of rotatable bonds is 0. The summed E-state index contributed by atoms with van der Waals surface area (Å²) in [4.78, 5) is 3.96. The molecule has 0 saturated heterocycles. The van der Waals surface area contributed by atoms with Gasteiger partial charge in [-0.2, -0.15) is 0 Å². The quantitative estimate of drug-likeness (QED) is 0.480. The highest BCUT2D eigenvalue weighted by atomic mass is 15.0. The summed E-state index contributed by atoms with van der Waals surface area (Å²) in [7, 11) is 0. The maximum atomic E-state index is 3.96. The topological polar surface area (TPSA) is 17.8 Å². The third-order valence-electron chi connectivity index (χ3n) is 1.34. The van der Waals surface area contributed by atoms with Crippen molar-refractivity contribution in [3.05, 3.63) is 24.3 Å². The Hall–Kier alpha value is -1.05. The Morgan fingerprint density at radius 3 is 3.50 bits per heavy atom. The van der Waals surface area contributed by atoms with Crippen LogP contribution in [0.4, 0.5) is 0 Å². The average molecular weight is 106 g/mol. The van der Waals surface area contributed by atoms with Crippen LogP contribution < -0.4 is 0 Å². The summed E-state index contributed by atoms with van der Waals surface area (Å²) in [5, 5.41) is 0. The summed E-state index contributed by atoms with van der Waals surface area (Å²) in [5.41, 5.74) is 1.28. The van der Waals surface area contributed by atoms with Crippen molar-refractivity contribution >= 4 is 6.20 Å². The fourth-order valence-corrected chi connectivity index (χ4v) is 0.911. The van der Waals surface area contributed by atoms with Crippen molar-refractivity contribution in [1.82, 2.24) is 9.55 Å². The summed E-state index contributed by atoms with van der Waals surface area (Å²) in [5.74, 6) is 0. The van der Waals surface area contributed by atoms with Gasteiger partial charge in [-0.25, -0.2) is 4.98 Å². The largest absolute Gasteiger partial charge is 0.310 e. The van der Waals surface area contributed by atoms with Crippen LogP contribution in [0.2, 0.25) is 0 Å². The molecule has 0 fully saturated rings. The fraction of sp³-hybridized carbons (Fsp3) is 0.167. The smallest absolute Gasteiger partial charge is 0.0989 e. The van der Waals surface area contributed by atoms with Gasteiger partial charge in [0.05, 0.1) is 6.33 Å². The molecule has 0 atom stereocenters. The third-order valence-corrected chi connectivity index (χ3v) is 1.34. The first kappa shape index (κ1) is 3.89. The van der Waals surface area contributed by atoms with Crippen LogP contribution in [-0.2, 0) is 6.42 Å². The first-order chi connectivity index (χ1) is 3.97. The van der Waals surface area contributed by atoms with Crippen LogP contribution in [0, 0.1) is 0 Å². The molecule has 0 aromatic carbocycles. The maximum Gasteiger partial charge on any atom is 0.0989 e. The van der Waals surface area contributed by atoms with Gasteiger partial charge in [-0.1, -0.05) is 6.08 Å². The van der Waals surface area contributed by atoms with Crippen LogP contribution in [0.15, 0.2) is 18.6 Å². The molecule has 0 radical (unpaired) electrons. The fourth-order valence-electron chi connectivity index (χ4n) is 0.911. The highest BCUT2D eigenvalue weighted by molar-refractivity contribution is 5.33. The van der Waals surface area contributed by atoms with Crippen LogP contribution in [-0.4, -0.2) is 9.55 Å². The summed E-state index contributed by atoms with van der Waals surface area (Å²) < 4.78 is 2.03. The van der Waals surface area contributed by atoms with Crippen molar-refractivity contribution in [1.29, 1.82) is 0 Å². The van der Waals surface area contributed by atoms with E-state index in [1.165, 1.54) is 5.69 Å². The number of nitrogens with zero attached hydrogens (tertiary/aromatic N) is 2. The molecule has 40 valence electrons. The normalized spacial score (nSPS) is 14.5. The van der Waals surface area contributed by atoms with E-state index in [1.54, 1.807) is 0 Å². The zero-order valence-electron chi connectivity index (χ0n) is 4.41. The lowest BCUT2D eigenvalue weighted by Gasteiger charge is -1.85. The molecule has 0 spiro atoms. The van der Waals surface area contributed by atoms with E-state index in [9.17, 15) is 0 Å². The molecule has 0 N–H and O–H groups in total. The molecule has 0 amide bonds. The van der Waals surface area contributed by atoms with E-state index in [0.29, 0.717) is 0 Å². The number of hydrogen-bond acceptors (Lipinski definition) is 1. The molecule has 0 bridgehead atoms. The van der Waals surface area contributed by atoms with Gasteiger partial charge in [0.15, 0.2) is 0 Å². The van der Waals surface area contributed by atoms with E-state index in [0.717, 1.165) is 6.42 Å². The predicted molar refractivity (Wildman–Crippen MR) is 31.3 cm³/mol. The molecule has 2 heteroatoms. The van der Waals surface area contributed by atoms with Gasteiger partial charge in [-0.05, 0) is 0 Å². The van der Waals surface area contributed by atoms with Crippen molar-refractivity contribution < 1.29 is 0 Å². The molecule has 2 rings (SSSR count). The van der Waals surface area contributed by atoms with Gasteiger partial charge in [0.25, 0.3) is 0 Å². The zero-order valence-corrected chi connectivity index (χ0v) is 4.41. The third kappa shape index (κ3) is 0.346. The summed E-state index contributed by atoms with van der Waals surface area (Å²) in [6.45, 7) is 0. The standard InChI is InChI=1S/C6H6N2/c1-2-6-4-7-5-8(6)3-1/h1,3-5H,2H2. The van der Waals surface area contributed by atoms with Crippen LogP contribution in [0.5, 0.6) is 0 Å². The lowest BCUT2D eigenvalue weighted by molar-refractivity contribution is 1.08. The molecular weight excluding hydrogens is 100 g/mol. The minimum absolute atomic E-state index is 1.04. The van der Waals surface area contributed by atoms with Gasteiger partial charge in [0.1, 0.15) is 0 Å². The van der Waals surface area contributed by atoms with E-state index in [4.69, 9.17) is 0 Å². The van der Waals surface area contributed by atoms with Crippen LogP contribution in [0.1, 0.15) is 5.69 Å². The van der Waals surface area contributed by atoms with E-state index in [2.05, 4.69) is 11.1 Å². The molecule has 1 aromatic rings. The molecular formula is C6H6N2. The molecule has 2 heterocycles. The van der Waals surface area contributed by atoms with Gasteiger partial charge >= 0.3 is 0 Å². The van der Waals surface area contributed by atoms with Crippen molar-refractivity contribution in [3.63, 3.8) is 0 Å². The van der Waals surface area contributed by atoms with Crippen molar-refractivity contribution in [3.8, 4) is 0 Å². The molecule has 1 aliphatic heterocycles. The molecule has 0 aliphatic carbocycles. The maximum absolute atomic E-state index is 3.96. The minimum Gasteiger partial charge on any atom is -0.310 e. The van der Waals surface area contributed by atoms with Gasteiger partial charge in [-0.3, -0.25) is 0 Å². The van der Waals surface area contributed by atoms with E-state index >= 15 is 0 Å². The second kappa shape index (κ2) is 1.22. The lowest BCUT2D eigenvalue weighted by Crippen LogP contribution is -1.81. The predicted octanol–water partition coefficient (Wildman–Crippen LogP) is 0.910. The van der Waals surface area contributed by atoms with Gasteiger partial charge in [0, 0.05) is 24.5 Å². The van der Waals surface area contributed by atoms with Crippen LogP contribution in [0.25, 0.3) is 6.20 Å². The second-order valence-electron chi connectivity index (χ2n) is 1.88. The average Bonchev–Trinajstić information content (AvgIpc) is 2.15. The van der Waals surface area contributed by atoms with E-state index < -0.39 is 0 Å². The Bertz CT molecular complexity index is 222. The summed E-state index contributed by atoms with van der Waals surface area (Å²) in [6, 6.07) is 0. The Morgan fingerprint density at radius 2 is 2.62 bits per heavy atom. The Kier molecular flexibility index (Phi) is 0.592. The molecule has 0 unspecified atom stereocenters. The molecule has 2 nitrogen and oxygen atoms in total. The SMILES string of the molecule is C1=Cn2cncc2C1. The number of allylic oxidation sites excluding steroid dienone is 1. The van der Waals surface area contributed by atoms with E-state index in [-0.39, 0.29) is 0 Å². The molecule has 1 aliphatic rings. The number of hydrogen-bond donors (Lipinski definition) is 0. The minimum atomic E-state index is 1.04. The summed E-state index contributed by atoms with van der Waals surface area (Å²) in [6.07, 6.45) is 8.90. The number of fused-ring (bicyclic) bond motifs is 1. The molecule has 8 heavy (non-hydrogen) atoms. The van der Waals surface area contributed by atoms with Gasteiger partial charge < -0.3 is 4.57 Å². The van der Waals surface area contributed by atoms with Crippen molar-refractivity contribution in [2.45, 2.75) is 6.42 Å². The second-order valence-corrected chi connectivity index (χ2v) is 1.88. The molecule has 1 aromatic heterocycles. The summed E-state index contributed by atoms with van der Waals surface area (Å²) >= 11 is 0.